The minimum atomic E-state index is -0.537. The molecule has 1 heterocycles. The van der Waals surface area contributed by atoms with Gasteiger partial charge in [0.15, 0.2) is 0 Å². The van der Waals surface area contributed by atoms with Crippen LogP contribution in [0.15, 0.2) is 48.5 Å². The average Bonchev–Trinajstić information content (AvgIpc) is 2.62. The maximum absolute atomic E-state index is 12.5. The number of nitrogens with zero attached hydrogens (tertiary/aromatic N) is 1. The van der Waals surface area contributed by atoms with E-state index in [1.165, 1.54) is 0 Å². The molecule has 1 aliphatic heterocycles. The summed E-state index contributed by atoms with van der Waals surface area (Å²) < 4.78 is 5.15. The van der Waals surface area contributed by atoms with Crippen LogP contribution in [-0.4, -0.2) is 31.5 Å². The number of fused-ring (bicyclic) bond motifs is 1. The second kappa shape index (κ2) is 7.25. The van der Waals surface area contributed by atoms with Crippen LogP contribution < -0.4 is 20.3 Å². The third-order valence-electron chi connectivity index (χ3n) is 4.22. The monoisotopic (exact) mass is 339 g/mol. The molecule has 0 spiro atoms. The van der Waals surface area contributed by atoms with Crippen LogP contribution in [0.4, 0.5) is 17.1 Å². The summed E-state index contributed by atoms with van der Waals surface area (Å²) in [6, 6.07) is 14.2. The molecule has 1 atom stereocenters. The zero-order valence-electron chi connectivity index (χ0n) is 14.3. The average molecular weight is 339 g/mol. The van der Waals surface area contributed by atoms with Gasteiger partial charge in [-0.05, 0) is 31.2 Å². The molecule has 0 saturated carbocycles. The topological polar surface area (TPSA) is 70.7 Å². The van der Waals surface area contributed by atoms with Crippen molar-refractivity contribution in [3.8, 4) is 5.75 Å². The molecule has 2 aromatic rings. The number of amides is 2. The Kier molecular flexibility index (Phi) is 4.88. The van der Waals surface area contributed by atoms with E-state index in [9.17, 15) is 9.59 Å². The van der Waals surface area contributed by atoms with Gasteiger partial charge in [0.1, 0.15) is 11.8 Å². The maximum Gasteiger partial charge on any atom is 0.247 e. The Balaban J connectivity index is 1.74. The van der Waals surface area contributed by atoms with E-state index in [0.717, 1.165) is 11.4 Å². The smallest absolute Gasteiger partial charge is 0.247 e. The molecule has 2 aromatic carbocycles. The van der Waals surface area contributed by atoms with Gasteiger partial charge >= 0.3 is 0 Å². The molecule has 6 heteroatoms. The summed E-state index contributed by atoms with van der Waals surface area (Å²) >= 11 is 0. The molecule has 0 aromatic heterocycles. The Morgan fingerprint density at radius 2 is 2.04 bits per heavy atom. The number of anilines is 3. The summed E-state index contributed by atoms with van der Waals surface area (Å²) in [4.78, 5) is 26.9. The molecular weight excluding hydrogens is 318 g/mol. The van der Waals surface area contributed by atoms with Gasteiger partial charge in [0.25, 0.3) is 0 Å². The van der Waals surface area contributed by atoms with Gasteiger partial charge in [-0.1, -0.05) is 18.2 Å². The lowest BCUT2D eigenvalue weighted by atomic mass is 10.0. The number of carbonyl (C=O) groups is 2. The summed E-state index contributed by atoms with van der Waals surface area (Å²) in [5.74, 6) is 0.282. The minimum absolute atomic E-state index is 0.0746. The Morgan fingerprint density at radius 1 is 1.24 bits per heavy atom. The van der Waals surface area contributed by atoms with Crippen LogP contribution in [0.1, 0.15) is 13.3 Å². The first-order valence-corrected chi connectivity index (χ1v) is 8.22. The van der Waals surface area contributed by atoms with Gasteiger partial charge in [0.05, 0.1) is 24.9 Å². The Bertz CT molecular complexity index is 791. The summed E-state index contributed by atoms with van der Waals surface area (Å²) in [5.41, 5.74) is 2.35. The van der Waals surface area contributed by atoms with E-state index < -0.39 is 6.04 Å². The molecule has 0 radical (unpaired) electrons. The van der Waals surface area contributed by atoms with Gasteiger partial charge in [0.2, 0.25) is 11.8 Å². The number of methoxy groups -OCH3 is 1. The second-order valence-electron chi connectivity index (χ2n) is 5.79. The standard InChI is InChI=1S/C19H21N3O3/c1-3-22-16-10-5-4-9-15(16)21-19(24)17(22)12-18(23)20-13-7-6-8-14(11-13)25-2/h4-11,17H,3,12H2,1-2H3,(H,20,23)(H,21,24)/t17-/m0/s1. The number of ether oxygens (including phenoxy) is 1. The molecule has 0 aliphatic carbocycles. The van der Waals surface area contributed by atoms with E-state index in [2.05, 4.69) is 10.6 Å². The zero-order chi connectivity index (χ0) is 17.8. The fourth-order valence-corrected chi connectivity index (χ4v) is 3.04. The third-order valence-corrected chi connectivity index (χ3v) is 4.22. The van der Waals surface area contributed by atoms with Crippen molar-refractivity contribution in [2.75, 3.05) is 29.2 Å². The highest BCUT2D eigenvalue weighted by molar-refractivity contribution is 6.06. The molecule has 0 saturated heterocycles. The van der Waals surface area contributed by atoms with Crippen molar-refractivity contribution < 1.29 is 14.3 Å². The normalized spacial score (nSPS) is 16.0. The van der Waals surface area contributed by atoms with E-state index in [0.29, 0.717) is 18.0 Å². The van der Waals surface area contributed by atoms with Crippen LogP contribution in [0.2, 0.25) is 0 Å². The summed E-state index contributed by atoms with van der Waals surface area (Å²) in [6.07, 6.45) is 0.0746. The Morgan fingerprint density at radius 3 is 2.80 bits per heavy atom. The van der Waals surface area contributed by atoms with E-state index in [1.54, 1.807) is 31.4 Å². The maximum atomic E-state index is 12.5. The van der Waals surface area contributed by atoms with Crippen LogP contribution >= 0.6 is 0 Å². The third kappa shape index (κ3) is 3.57. The number of likely N-dealkylation sites (N-methyl/N-ethyl adjacent to an activating group) is 1. The molecule has 3 rings (SSSR count). The highest BCUT2D eigenvalue weighted by Gasteiger charge is 2.33. The number of hydrogen-bond acceptors (Lipinski definition) is 4. The molecule has 1 aliphatic rings. The summed E-state index contributed by atoms with van der Waals surface area (Å²) in [5, 5.41) is 5.71. The van der Waals surface area contributed by atoms with E-state index in [-0.39, 0.29) is 18.2 Å². The highest BCUT2D eigenvalue weighted by atomic mass is 16.5. The molecule has 2 amide bonds. The molecule has 0 bridgehead atoms. The molecule has 0 fully saturated rings. The number of hydrogen-bond donors (Lipinski definition) is 2. The van der Waals surface area contributed by atoms with Crippen molar-refractivity contribution in [2.45, 2.75) is 19.4 Å². The number of nitrogens with one attached hydrogen (secondary N) is 2. The molecule has 0 unspecified atom stereocenters. The Labute approximate surface area is 146 Å². The zero-order valence-corrected chi connectivity index (χ0v) is 14.3. The lowest BCUT2D eigenvalue weighted by molar-refractivity contribution is -0.122. The van der Waals surface area contributed by atoms with Gasteiger partial charge in [0, 0.05) is 18.3 Å². The fourth-order valence-electron chi connectivity index (χ4n) is 3.04. The quantitative estimate of drug-likeness (QED) is 0.879. The molecule has 25 heavy (non-hydrogen) atoms. The van der Waals surface area contributed by atoms with Gasteiger partial charge in [-0.3, -0.25) is 9.59 Å². The SMILES string of the molecule is CCN1c2ccccc2NC(=O)[C@@H]1CC(=O)Nc1cccc(OC)c1. The van der Waals surface area contributed by atoms with Gasteiger partial charge < -0.3 is 20.3 Å². The first-order chi connectivity index (χ1) is 12.1. The van der Waals surface area contributed by atoms with Crippen LogP contribution in [0, 0.1) is 0 Å². The minimum Gasteiger partial charge on any atom is -0.497 e. The first-order valence-electron chi connectivity index (χ1n) is 8.22. The highest BCUT2D eigenvalue weighted by Crippen LogP contribution is 2.32. The van der Waals surface area contributed by atoms with Gasteiger partial charge in [-0.15, -0.1) is 0 Å². The first kappa shape index (κ1) is 16.8. The lowest BCUT2D eigenvalue weighted by Gasteiger charge is -2.37. The molecule has 130 valence electrons. The molecular formula is C19H21N3O3. The largest absolute Gasteiger partial charge is 0.497 e. The second-order valence-corrected chi connectivity index (χ2v) is 5.79. The van der Waals surface area contributed by atoms with Crippen molar-refractivity contribution in [3.63, 3.8) is 0 Å². The van der Waals surface area contributed by atoms with E-state index in [4.69, 9.17) is 4.74 Å². The fraction of sp³-hybridized carbons (Fsp3) is 0.263. The number of benzene rings is 2. The summed E-state index contributed by atoms with van der Waals surface area (Å²) in [6.45, 7) is 2.61. The lowest BCUT2D eigenvalue weighted by Crippen LogP contribution is -2.49. The number of carbonyl (C=O) groups excluding carboxylic acids is 2. The van der Waals surface area contributed by atoms with Crippen molar-refractivity contribution in [3.05, 3.63) is 48.5 Å². The van der Waals surface area contributed by atoms with Crippen LogP contribution in [0.3, 0.4) is 0 Å². The van der Waals surface area contributed by atoms with Crippen molar-refractivity contribution in [2.24, 2.45) is 0 Å². The van der Waals surface area contributed by atoms with Crippen LogP contribution in [0.5, 0.6) is 5.75 Å². The predicted molar refractivity (Wildman–Crippen MR) is 98.1 cm³/mol. The van der Waals surface area contributed by atoms with Crippen molar-refractivity contribution >= 4 is 28.9 Å². The Hall–Kier alpha value is -3.02. The summed E-state index contributed by atoms with van der Waals surface area (Å²) in [7, 11) is 1.57. The predicted octanol–water partition coefficient (Wildman–Crippen LogP) is 2.87. The number of para-hydroxylation sites is 2. The van der Waals surface area contributed by atoms with Crippen LogP contribution in [0.25, 0.3) is 0 Å². The van der Waals surface area contributed by atoms with Crippen molar-refractivity contribution in [1.29, 1.82) is 0 Å². The van der Waals surface area contributed by atoms with E-state index >= 15 is 0 Å². The molecule has 2 N–H and O–H groups in total. The number of rotatable bonds is 5. The van der Waals surface area contributed by atoms with Gasteiger partial charge in [-0.25, -0.2) is 0 Å². The van der Waals surface area contributed by atoms with E-state index in [1.807, 2.05) is 36.1 Å². The van der Waals surface area contributed by atoms with Crippen molar-refractivity contribution in [1.82, 2.24) is 0 Å². The van der Waals surface area contributed by atoms with Gasteiger partial charge in [-0.2, -0.15) is 0 Å². The molecule has 6 nitrogen and oxygen atoms in total. The van der Waals surface area contributed by atoms with Crippen LogP contribution in [-0.2, 0) is 9.59 Å².